The maximum Gasteiger partial charge on any atom is 0.232 e. The molecule has 112 valence electrons. The maximum absolute atomic E-state index is 6.17. The third-order valence-corrected chi connectivity index (χ3v) is 3.36. The molecule has 7 heteroatoms. The summed E-state index contributed by atoms with van der Waals surface area (Å²) in [5.74, 6) is 1.17. The van der Waals surface area contributed by atoms with Gasteiger partial charge in [-0.3, -0.25) is 0 Å². The standard InChI is InChI=1S/C14H18ClN5O/c1-7(2)11-8(5-10(15)13(19-11)21-3)4-9-6-18-14(17)20-12(9)16/h5-7H,4H2,1-3H3,(H4,16,17,18,20). The normalized spacial score (nSPS) is 10.9. The van der Waals surface area contributed by atoms with E-state index in [0.29, 0.717) is 23.1 Å². The average Bonchev–Trinajstić information content (AvgIpc) is 2.41. The van der Waals surface area contributed by atoms with Gasteiger partial charge in [-0.1, -0.05) is 25.4 Å². The zero-order valence-electron chi connectivity index (χ0n) is 12.2. The summed E-state index contributed by atoms with van der Waals surface area (Å²) in [7, 11) is 1.55. The molecule has 0 bridgehead atoms. The molecule has 0 aliphatic carbocycles. The molecule has 4 N–H and O–H groups in total. The van der Waals surface area contributed by atoms with Crippen molar-refractivity contribution in [3.05, 3.63) is 34.1 Å². The first-order valence-electron chi connectivity index (χ1n) is 6.52. The lowest BCUT2D eigenvalue weighted by Crippen LogP contribution is -2.07. The van der Waals surface area contributed by atoms with Gasteiger partial charge in [0.25, 0.3) is 0 Å². The van der Waals surface area contributed by atoms with Crippen molar-refractivity contribution in [2.45, 2.75) is 26.2 Å². The molecule has 2 aromatic heterocycles. The second-order valence-electron chi connectivity index (χ2n) is 4.99. The first kappa shape index (κ1) is 15.3. The van der Waals surface area contributed by atoms with Crippen molar-refractivity contribution in [3.8, 4) is 5.88 Å². The van der Waals surface area contributed by atoms with Crippen LogP contribution in [0.25, 0.3) is 0 Å². The topological polar surface area (TPSA) is 99.9 Å². The molecule has 0 aliphatic heterocycles. The molecule has 0 saturated carbocycles. The minimum absolute atomic E-state index is 0.159. The highest BCUT2D eigenvalue weighted by Gasteiger charge is 2.15. The number of nitrogen functional groups attached to an aromatic ring is 2. The Labute approximate surface area is 128 Å². The quantitative estimate of drug-likeness (QED) is 0.899. The first-order chi connectivity index (χ1) is 9.92. The van der Waals surface area contributed by atoms with E-state index in [1.807, 2.05) is 6.07 Å². The van der Waals surface area contributed by atoms with Crippen LogP contribution in [0.15, 0.2) is 12.3 Å². The molecule has 0 fully saturated rings. The lowest BCUT2D eigenvalue weighted by atomic mass is 9.98. The predicted molar refractivity (Wildman–Crippen MR) is 83.6 cm³/mol. The highest BCUT2D eigenvalue weighted by molar-refractivity contribution is 6.31. The minimum atomic E-state index is 0.159. The lowest BCUT2D eigenvalue weighted by Gasteiger charge is -2.15. The van der Waals surface area contributed by atoms with Gasteiger partial charge in [0.2, 0.25) is 11.8 Å². The number of ether oxygens (including phenoxy) is 1. The fraction of sp³-hybridized carbons (Fsp3) is 0.357. The van der Waals surface area contributed by atoms with Crippen molar-refractivity contribution in [1.29, 1.82) is 0 Å². The van der Waals surface area contributed by atoms with Crippen LogP contribution in [0.4, 0.5) is 11.8 Å². The number of nitrogens with zero attached hydrogens (tertiary/aromatic N) is 3. The van der Waals surface area contributed by atoms with Crippen LogP contribution in [-0.2, 0) is 6.42 Å². The number of hydrogen-bond acceptors (Lipinski definition) is 6. The molecule has 0 radical (unpaired) electrons. The third kappa shape index (κ3) is 3.33. The Morgan fingerprint density at radius 2 is 1.95 bits per heavy atom. The van der Waals surface area contributed by atoms with E-state index in [-0.39, 0.29) is 11.9 Å². The van der Waals surface area contributed by atoms with Gasteiger partial charge in [-0.15, -0.1) is 0 Å². The highest BCUT2D eigenvalue weighted by atomic mass is 35.5. The molecule has 0 aliphatic rings. The second-order valence-corrected chi connectivity index (χ2v) is 5.40. The van der Waals surface area contributed by atoms with Gasteiger partial charge in [-0.05, 0) is 17.5 Å². The number of anilines is 2. The van der Waals surface area contributed by atoms with E-state index < -0.39 is 0 Å². The van der Waals surface area contributed by atoms with Gasteiger partial charge in [-0.2, -0.15) is 4.98 Å². The van der Waals surface area contributed by atoms with Crippen LogP contribution in [-0.4, -0.2) is 22.1 Å². The van der Waals surface area contributed by atoms with Gasteiger partial charge in [0.1, 0.15) is 10.8 Å². The molecule has 2 rings (SSSR count). The van der Waals surface area contributed by atoms with Crippen LogP contribution in [0.5, 0.6) is 5.88 Å². The predicted octanol–water partition coefficient (Wildman–Crippen LogP) is 2.41. The Bertz CT molecular complexity index is 660. The molecular weight excluding hydrogens is 290 g/mol. The molecule has 21 heavy (non-hydrogen) atoms. The number of hydrogen-bond donors (Lipinski definition) is 2. The van der Waals surface area contributed by atoms with Gasteiger partial charge in [0.15, 0.2) is 0 Å². The number of nitrogens with two attached hydrogens (primary N) is 2. The fourth-order valence-corrected chi connectivity index (χ4v) is 2.33. The van der Waals surface area contributed by atoms with Crippen LogP contribution in [0.1, 0.15) is 36.6 Å². The summed E-state index contributed by atoms with van der Waals surface area (Å²) in [5, 5.41) is 0.465. The summed E-state index contributed by atoms with van der Waals surface area (Å²) < 4.78 is 5.17. The van der Waals surface area contributed by atoms with Gasteiger partial charge >= 0.3 is 0 Å². The zero-order valence-corrected chi connectivity index (χ0v) is 13.0. The molecule has 0 spiro atoms. The molecule has 0 aromatic carbocycles. The molecular formula is C14H18ClN5O. The van der Waals surface area contributed by atoms with Crippen molar-refractivity contribution in [2.24, 2.45) is 0 Å². The number of methoxy groups -OCH3 is 1. The Balaban J connectivity index is 2.45. The van der Waals surface area contributed by atoms with Crippen LogP contribution in [0.2, 0.25) is 5.02 Å². The van der Waals surface area contributed by atoms with Gasteiger partial charge < -0.3 is 16.2 Å². The van der Waals surface area contributed by atoms with Crippen molar-refractivity contribution in [2.75, 3.05) is 18.6 Å². The number of aromatic nitrogens is 3. The van der Waals surface area contributed by atoms with Crippen LogP contribution < -0.4 is 16.2 Å². The van der Waals surface area contributed by atoms with E-state index >= 15 is 0 Å². The SMILES string of the molecule is COc1nc(C(C)C)c(Cc2cnc(N)nc2N)cc1Cl. The van der Waals surface area contributed by atoms with Gasteiger partial charge in [0, 0.05) is 18.2 Å². The Morgan fingerprint density at radius 3 is 2.52 bits per heavy atom. The Kier molecular flexibility index (Phi) is 4.47. The number of pyridine rings is 1. The summed E-state index contributed by atoms with van der Waals surface area (Å²) in [6.07, 6.45) is 2.16. The van der Waals surface area contributed by atoms with Crippen molar-refractivity contribution >= 4 is 23.4 Å². The molecule has 6 nitrogen and oxygen atoms in total. The smallest absolute Gasteiger partial charge is 0.232 e. The van der Waals surface area contributed by atoms with E-state index in [9.17, 15) is 0 Å². The Hall–Kier alpha value is -2.08. The number of halogens is 1. The first-order valence-corrected chi connectivity index (χ1v) is 6.90. The fourth-order valence-electron chi connectivity index (χ4n) is 2.08. The summed E-state index contributed by atoms with van der Waals surface area (Å²) in [5.41, 5.74) is 14.1. The van der Waals surface area contributed by atoms with E-state index in [1.165, 1.54) is 0 Å². The molecule has 0 atom stereocenters. The average molecular weight is 308 g/mol. The summed E-state index contributed by atoms with van der Waals surface area (Å²) in [4.78, 5) is 12.4. The van der Waals surface area contributed by atoms with E-state index in [1.54, 1.807) is 13.3 Å². The van der Waals surface area contributed by atoms with Crippen LogP contribution >= 0.6 is 11.6 Å². The van der Waals surface area contributed by atoms with Crippen molar-refractivity contribution in [3.63, 3.8) is 0 Å². The zero-order chi connectivity index (χ0) is 15.6. The molecule has 0 unspecified atom stereocenters. The van der Waals surface area contributed by atoms with Crippen LogP contribution in [0.3, 0.4) is 0 Å². The summed E-state index contributed by atoms with van der Waals surface area (Å²) in [6.45, 7) is 4.12. The monoisotopic (exact) mass is 307 g/mol. The van der Waals surface area contributed by atoms with Crippen molar-refractivity contribution in [1.82, 2.24) is 15.0 Å². The summed E-state index contributed by atoms with van der Waals surface area (Å²) in [6, 6.07) is 1.85. The second kappa shape index (κ2) is 6.13. The maximum atomic E-state index is 6.17. The molecule has 2 heterocycles. The largest absolute Gasteiger partial charge is 0.480 e. The minimum Gasteiger partial charge on any atom is -0.480 e. The van der Waals surface area contributed by atoms with E-state index in [2.05, 4.69) is 28.8 Å². The van der Waals surface area contributed by atoms with Gasteiger partial charge in [0.05, 0.1) is 12.8 Å². The van der Waals surface area contributed by atoms with E-state index in [4.69, 9.17) is 27.8 Å². The third-order valence-electron chi connectivity index (χ3n) is 3.09. The van der Waals surface area contributed by atoms with Gasteiger partial charge in [-0.25, -0.2) is 9.97 Å². The highest BCUT2D eigenvalue weighted by Crippen LogP contribution is 2.30. The Morgan fingerprint density at radius 1 is 1.24 bits per heavy atom. The molecule has 0 saturated heterocycles. The van der Waals surface area contributed by atoms with Crippen molar-refractivity contribution < 1.29 is 4.74 Å². The van der Waals surface area contributed by atoms with Crippen LogP contribution in [0, 0.1) is 0 Å². The molecule has 0 amide bonds. The number of rotatable bonds is 4. The molecule has 2 aromatic rings. The lowest BCUT2D eigenvalue weighted by molar-refractivity contribution is 0.395. The van der Waals surface area contributed by atoms with E-state index in [0.717, 1.165) is 16.8 Å². The summed E-state index contributed by atoms with van der Waals surface area (Å²) >= 11 is 6.17.